The van der Waals surface area contributed by atoms with Crippen molar-refractivity contribution in [2.75, 3.05) is 12.8 Å². The zero-order valence-corrected chi connectivity index (χ0v) is 13.3. The summed E-state index contributed by atoms with van der Waals surface area (Å²) >= 11 is 1.39. The summed E-state index contributed by atoms with van der Waals surface area (Å²) in [4.78, 5) is 6.91. The van der Waals surface area contributed by atoms with Crippen LogP contribution in [-0.4, -0.2) is 23.3 Å². The molecule has 0 bridgehead atoms. The Morgan fingerprint density at radius 1 is 1.32 bits per heavy atom. The van der Waals surface area contributed by atoms with Crippen LogP contribution in [0.5, 0.6) is 5.75 Å². The van der Waals surface area contributed by atoms with Crippen LogP contribution in [0.2, 0.25) is 0 Å². The van der Waals surface area contributed by atoms with Gasteiger partial charge in [0.05, 0.1) is 0 Å². The monoisotopic (exact) mass is 353 g/mol. The summed E-state index contributed by atoms with van der Waals surface area (Å²) in [5.41, 5.74) is 6.28. The van der Waals surface area contributed by atoms with E-state index in [1.807, 2.05) is 11.9 Å². The van der Waals surface area contributed by atoms with Crippen LogP contribution in [-0.2, 0) is 13.1 Å². The average molecular weight is 354 g/mol. The van der Waals surface area contributed by atoms with Gasteiger partial charge in [0.15, 0.2) is 5.13 Å². The van der Waals surface area contributed by atoms with Crippen LogP contribution in [0.25, 0.3) is 0 Å². The normalized spacial score (nSPS) is 11.3. The Morgan fingerprint density at radius 3 is 2.64 bits per heavy atom. The van der Waals surface area contributed by atoms with Crippen LogP contribution >= 0.6 is 23.7 Å². The second kappa shape index (κ2) is 7.66. The number of nitrogens with zero attached hydrogens (tertiary/aromatic N) is 2. The molecule has 0 radical (unpaired) electrons. The van der Waals surface area contributed by atoms with E-state index in [0.717, 1.165) is 10.4 Å². The van der Waals surface area contributed by atoms with Crippen molar-refractivity contribution in [1.29, 1.82) is 0 Å². The minimum Gasteiger partial charge on any atom is -0.406 e. The molecule has 2 N–H and O–H groups in total. The first-order valence-corrected chi connectivity index (χ1v) is 6.87. The van der Waals surface area contributed by atoms with Crippen molar-refractivity contribution in [3.05, 3.63) is 40.9 Å². The Kier molecular flexibility index (Phi) is 6.46. The third-order valence-electron chi connectivity index (χ3n) is 2.58. The third kappa shape index (κ3) is 6.08. The molecular weight excluding hydrogens is 339 g/mol. The van der Waals surface area contributed by atoms with Gasteiger partial charge in [-0.3, -0.25) is 4.90 Å². The molecule has 0 aliphatic heterocycles. The molecule has 2 rings (SSSR count). The number of benzene rings is 1. The number of nitrogen functional groups attached to an aromatic ring is 1. The lowest BCUT2D eigenvalue weighted by Crippen LogP contribution is -2.18. The van der Waals surface area contributed by atoms with Gasteiger partial charge < -0.3 is 10.5 Å². The van der Waals surface area contributed by atoms with Gasteiger partial charge in [0.25, 0.3) is 0 Å². The molecule has 0 spiro atoms. The van der Waals surface area contributed by atoms with Crippen LogP contribution in [0.3, 0.4) is 0 Å². The standard InChI is InChI=1S/C13H14F3N3OS.ClH/c1-19(8-11-6-18-12(17)21-11)7-9-3-2-4-10(5-9)20-13(14,15)16;/h2-6H,7-8H2,1H3,(H2,17,18);1H. The highest BCUT2D eigenvalue weighted by molar-refractivity contribution is 7.15. The van der Waals surface area contributed by atoms with Gasteiger partial charge in [0.1, 0.15) is 5.75 Å². The Hall–Kier alpha value is -1.51. The molecule has 0 saturated heterocycles. The third-order valence-corrected chi connectivity index (χ3v) is 3.39. The molecule has 0 aliphatic rings. The Bertz CT molecular complexity index is 606. The van der Waals surface area contributed by atoms with Gasteiger partial charge in [0, 0.05) is 24.2 Å². The summed E-state index contributed by atoms with van der Waals surface area (Å²) in [7, 11) is 1.87. The first-order valence-electron chi connectivity index (χ1n) is 6.05. The molecule has 2 aromatic rings. The molecule has 1 aromatic carbocycles. The van der Waals surface area contributed by atoms with E-state index in [9.17, 15) is 13.2 Å². The first kappa shape index (κ1) is 18.5. The summed E-state index contributed by atoms with van der Waals surface area (Å²) < 4.78 is 40.4. The van der Waals surface area contributed by atoms with Crippen LogP contribution in [0.1, 0.15) is 10.4 Å². The van der Waals surface area contributed by atoms with Gasteiger partial charge in [-0.1, -0.05) is 12.1 Å². The molecule has 0 saturated carbocycles. The average Bonchev–Trinajstić information content (AvgIpc) is 2.72. The van der Waals surface area contributed by atoms with Crippen molar-refractivity contribution >= 4 is 28.9 Å². The van der Waals surface area contributed by atoms with E-state index in [4.69, 9.17) is 5.73 Å². The van der Waals surface area contributed by atoms with Crippen molar-refractivity contribution in [3.8, 4) is 5.75 Å². The number of halogens is 4. The number of alkyl halides is 3. The number of hydrogen-bond acceptors (Lipinski definition) is 5. The Morgan fingerprint density at radius 2 is 2.05 bits per heavy atom. The predicted octanol–water partition coefficient (Wildman–Crippen LogP) is 3.68. The van der Waals surface area contributed by atoms with Crippen LogP contribution in [0.15, 0.2) is 30.5 Å². The molecule has 9 heteroatoms. The van der Waals surface area contributed by atoms with Crippen molar-refractivity contribution < 1.29 is 17.9 Å². The van der Waals surface area contributed by atoms with E-state index in [-0.39, 0.29) is 18.2 Å². The number of hydrogen-bond donors (Lipinski definition) is 1. The second-order valence-corrected chi connectivity index (χ2v) is 5.68. The summed E-state index contributed by atoms with van der Waals surface area (Å²) in [6.45, 7) is 1.12. The lowest BCUT2D eigenvalue weighted by atomic mass is 10.2. The summed E-state index contributed by atoms with van der Waals surface area (Å²) in [6.07, 6.45) is -2.98. The van der Waals surface area contributed by atoms with E-state index < -0.39 is 6.36 Å². The number of ether oxygens (including phenoxy) is 1. The fraction of sp³-hybridized carbons (Fsp3) is 0.308. The van der Waals surface area contributed by atoms with Crippen LogP contribution in [0.4, 0.5) is 18.3 Å². The molecule has 0 aliphatic carbocycles. The predicted molar refractivity (Wildman–Crippen MR) is 82.1 cm³/mol. The topological polar surface area (TPSA) is 51.4 Å². The van der Waals surface area contributed by atoms with Crippen LogP contribution < -0.4 is 10.5 Å². The van der Waals surface area contributed by atoms with E-state index in [2.05, 4.69) is 9.72 Å². The number of anilines is 1. The molecule has 1 aromatic heterocycles. The fourth-order valence-corrected chi connectivity index (χ4v) is 2.63. The lowest BCUT2D eigenvalue weighted by molar-refractivity contribution is -0.274. The number of aromatic nitrogens is 1. The van der Waals surface area contributed by atoms with E-state index in [1.165, 1.54) is 29.5 Å². The zero-order chi connectivity index (χ0) is 15.5. The van der Waals surface area contributed by atoms with Crippen molar-refractivity contribution in [1.82, 2.24) is 9.88 Å². The highest BCUT2D eigenvalue weighted by Crippen LogP contribution is 2.24. The maximum absolute atomic E-state index is 12.2. The van der Waals surface area contributed by atoms with E-state index >= 15 is 0 Å². The number of nitrogens with two attached hydrogens (primary N) is 1. The summed E-state index contributed by atoms with van der Waals surface area (Å²) in [5, 5.41) is 0.499. The van der Waals surface area contributed by atoms with Gasteiger partial charge in [-0.2, -0.15) is 0 Å². The summed E-state index contributed by atoms with van der Waals surface area (Å²) in [5.74, 6) is -0.213. The Labute approximate surface area is 136 Å². The molecule has 0 amide bonds. The van der Waals surface area contributed by atoms with Crippen molar-refractivity contribution in [3.63, 3.8) is 0 Å². The molecular formula is C13H15ClF3N3OS. The Balaban J connectivity index is 0.00000242. The smallest absolute Gasteiger partial charge is 0.406 e. The van der Waals surface area contributed by atoms with Gasteiger partial charge in [-0.05, 0) is 24.7 Å². The molecule has 122 valence electrons. The van der Waals surface area contributed by atoms with Gasteiger partial charge >= 0.3 is 6.36 Å². The van der Waals surface area contributed by atoms with Crippen molar-refractivity contribution in [2.45, 2.75) is 19.5 Å². The number of thiazole rings is 1. The number of rotatable bonds is 5. The fourth-order valence-electron chi connectivity index (χ4n) is 1.87. The minimum absolute atomic E-state index is 0. The quantitative estimate of drug-likeness (QED) is 0.891. The molecule has 4 nitrogen and oxygen atoms in total. The minimum atomic E-state index is -4.68. The maximum Gasteiger partial charge on any atom is 0.573 e. The van der Waals surface area contributed by atoms with Gasteiger partial charge in [-0.15, -0.1) is 36.9 Å². The summed E-state index contributed by atoms with van der Waals surface area (Å²) in [6, 6.07) is 5.95. The molecule has 0 atom stereocenters. The van der Waals surface area contributed by atoms with Gasteiger partial charge in [-0.25, -0.2) is 4.98 Å². The highest BCUT2D eigenvalue weighted by Gasteiger charge is 2.31. The van der Waals surface area contributed by atoms with Crippen LogP contribution in [0, 0.1) is 0 Å². The lowest BCUT2D eigenvalue weighted by Gasteiger charge is -2.16. The second-order valence-electron chi connectivity index (χ2n) is 4.53. The molecule has 0 fully saturated rings. The molecule has 22 heavy (non-hydrogen) atoms. The maximum atomic E-state index is 12.2. The van der Waals surface area contributed by atoms with Crippen molar-refractivity contribution in [2.24, 2.45) is 0 Å². The molecule has 0 unspecified atom stereocenters. The van der Waals surface area contributed by atoms with E-state index in [0.29, 0.717) is 18.2 Å². The largest absolute Gasteiger partial charge is 0.573 e. The molecule has 1 heterocycles. The first-order chi connectivity index (χ1) is 9.82. The SMILES string of the molecule is CN(Cc1cccc(OC(F)(F)F)c1)Cc1cnc(N)s1.Cl. The zero-order valence-electron chi connectivity index (χ0n) is 11.6. The van der Waals surface area contributed by atoms with E-state index in [1.54, 1.807) is 12.3 Å². The highest BCUT2D eigenvalue weighted by atomic mass is 35.5. The van der Waals surface area contributed by atoms with Gasteiger partial charge in [0.2, 0.25) is 0 Å².